The molecular formula is C30H30F3N7O3S. The van der Waals surface area contributed by atoms with Gasteiger partial charge in [-0.15, -0.1) is 13.2 Å². The number of benzene rings is 2. The van der Waals surface area contributed by atoms with Gasteiger partial charge in [0.1, 0.15) is 24.1 Å². The van der Waals surface area contributed by atoms with Gasteiger partial charge in [-0.3, -0.25) is 10.2 Å². The number of alkyl halides is 3. The number of hydrogen-bond acceptors (Lipinski definition) is 7. The van der Waals surface area contributed by atoms with Gasteiger partial charge in [0, 0.05) is 24.1 Å². The van der Waals surface area contributed by atoms with Crippen LogP contribution in [0.3, 0.4) is 0 Å². The van der Waals surface area contributed by atoms with Crippen LogP contribution in [0.1, 0.15) is 42.3 Å². The van der Waals surface area contributed by atoms with E-state index >= 15 is 0 Å². The van der Waals surface area contributed by atoms with Crippen molar-refractivity contribution < 1.29 is 27.8 Å². The van der Waals surface area contributed by atoms with Crippen molar-refractivity contribution in [2.75, 3.05) is 16.0 Å². The van der Waals surface area contributed by atoms with Crippen LogP contribution in [0, 0.1) is 6.92 Å². The van der Waals surface area contributed by atoms with E-state index in [0.29, 0.717) is 41.1 Å². The first-order chi connectivity index (χ1) is 20.9. The minimum absolute atomic E-state index is 0.218. The third kappa shape index (κ3) is 7.74. The number of nitrogens with zero attached hydrogens (tertiary/aromatic N) is 6. The van der Waals surface area contributed by atoms with Crippen molar-refractivity contribution in [3.05, 3.63) is 89.6 Å². The summed E-state index contributed by atoms with van der Waals surface area (Å²) in [5.41, 5.74) is 4.35. The summed E-state index contributed by atoms with van der Waals surface area (Å²) in [5.74, 6) is 1.17. The number of aromatic nitrogens is 4. The molecule has 230 valence electrons. The molecule has 14 heteroatoms. The van der Waals surface area contributed by atoms with Gasteiger partial charge < -0.3 is 9.84 Å². The number of rotatable bonds is 8. The Hall–Kier alpha value is -4.43. The third-order valence-electron chi connectivity index (χ3n) is 6.70. The molecule has 1 unspecified atom stereocenters. The number of pyridine rings is 1. The average molecular weight is 626 g/mol. The number of anilines is 2. The largest absolute Gasteiger partial charge is 0.573 e. The number of amidine groups is 1. The molecule has 1 saturated heterocycles. The third-order valence-corrected chi connectivity index (χ3v) is 7.71. The van der Waals surface area contributed by atoms with Gasteiger partial charge in [-0.05, 0) is 72.4 Å². The number of halogens is 3. The number of aliphatic imine (C=N–C) groups is 1. The Morgan fingerprint density at radius 1 is 1.14 bits per heavy atom. The summed E-state index contributed by atoms with van der Waals surface area (Å²) < 4.78 is 42.5. The molecule has 5 rings (SSSR count). The van der Waals surface area contributed by atoms with Gasteiger partial charge in [0.15, 0.2) is 11.0 Å². The molecule has 2 aromatic carbocycles. The van der Waals surface area contributed by atoms with Crippen molar-refractivity contribution in [3.8, 4) is 11.4 Å². The van der Waals surface area contributed by atoms with E-state index in [-0.39, 0.29) is 11.7 Å². The number of carbonyl (C=O) groups excluding carboxylic acids is 1. The molecule has 10 nitrogen and oxygen atoms in total. The number of hydrogen-bond donors (Lipinski definition) is 2. The van der Waals surface area contributed by atoms with Crippen molar-refractivity contribution in [2.24, 2.45) is 4.99 Å². The number of nitrogens with one attached hydrogen (secondary N) is 1. The van der Waals surface area contributed by atoms with E-state index in [9.17, 15) is 23.1 Å². The first-order valence-electron chi connectivity index (χ1n) is 13.8. The lowest BCUT2D eigenvalue weighted by Crippen LogP contribution is -2.35. The average Bonchev–Trinajstić information content (AvgIpc) is 3.58. The Morgan fingerprint density at radius 2 is 1.91 bits per heavy atom. The quantitative estimate of drug-likeness (QED) is 0.236. The highest BCUT2D eigenvalue weighted by atomic mass is 32.2. The molecule has 44 heavy (non-hydrogen) atoms. The van der Waals surface area contributed by atoms with E-state index in [1.54, 1.807) is 17.2 Å². The van der Waals surface area contributed by atoms with E-state index in [4.69, 9.17) is 0 Å². The number of thioether (sulfide) groups is 1. The van der Waals surface area contributed by atoms with Crippen LogP contribution in [-0.2, 0) is 12.8 Å². The minimum atomic E-state index is -4.75. The van der Waals surface area contributed by atoms with Gasteiger partial charge in [-0.1, -0.05) is 43.8 Å². The summed E-state index contributed by atoms with van der Waals surface area (Å²) in [6.07, 6.45) is -1.36. The normalized spacial score (nSPS) is 16.1. The van der Waals surface area contributed by atoms with Crippen LogP contribution in [0.4, 0.5) is 29.5 Å². The monoisotopic (exact) mass is 625 g/mol. The molecule has 4 aromatic rings. The Balaban J connectivity index is 1.18. The Bertz CT molecular complexity index is 1640. The van der Waals surface area contributed by atoms with Crippen molar-refractivity contribution >= 4 is 34.5 Å². The van der Waals surface area contributed by atoms with Crippen LogP contribution < -0.4 is 15.0 Å². The number of urea groups is 1. The Kier molecular flexibility index (Phi) is 9.20. The van der Waals surface area contributed by atoms with Gasteiger partial charge in [-0.2, -0.15) is 10.1 Å². The number of aliphatic hydroxyl groups is 1. The van der Waals surface area contributed by atoms with Gasteiger partial charge in [0.25, 0.3) is 0 Å². The molecule has 0 saturated carbocycles. The maximum absolute atomic E-state index is 12.8. The maximum atomic E-state index is 12.8. The SMILES string of the molecule is Cc1ccc(C(C)C)c(N2C(=NC(=O)Nc3ccc(CCc4ncn(-c5ccc(OC(F)(F)F)cc5)n4)cn3)SCC2O)c1. The van der Waals surface area contributed by atoms with Crippen LogP contribution in [-0.4, -0.2) is 54.4 Å². The highest BCUT2D eigenvalue weighted by molar-refractivity contribution is 8.14. The molecule has 1 aliphatic rings. The fourth-order valence-corrected chi connectivity index (χ4v) is 5.54. The molecular weight excluding hydrogens is 595 g/mol. The number of ether oxygens (including phenoxy) is 1. The molecule has 2 amide bonds. The Labute approximate surface area is 256 Å². The van der Waals surface area contributed by atoms with E-state index in [1.807, 2.05) is 31.2 Å². The first-order valence-corrected chi connectivity index (χ1v) is 14.8. The van der Waals surface area contributed by atoms with Crippen LogP contribution in [0.2, 0.25) is 0 Å². The summed E-state index contributed by atoms with van der Waals surface area (Å²) in [4.78, 5) is 27.3. The molecule has 1 fully saturated rings. The smallest absolute Gasteiger partial charge is 0.406 e. The summed E-state index contributed by atoms with van der Waals surface area (Å²) in [6.45, 7) is 6.14. The van der Waals surface area contributed by atoms with Crippen molar-refractivity contribution in [3.63, 3.8) is 0 Å². The molecule has 2 aromatic heterocycles. The molecule has 2 N–H and O–H groups in total. The lowest BCUT2D eigenvalue weighted by molar-refractivity contribution is -0.274. The zero-order chi connectivity index (χ0) is 31.4. The highest BCUT2D eigenvalue weighted by Gasteiger charge is 2.33. The molecule has 0 spiro atoms. The van der Waals surface area contributed by atoms with Crippen molar-refractivity contribution in [1.82, 2.24) is 19.7 Å². The van der Waals surface area contributed by atoms with Crippen molar-refractivity contribution in [2.45, 2.75) is 52.1 Å². The first kappa shape index (κ1) is 31.0. The molecule has 0 bridgehead atoms. The lowest BCUT2D eigenvalue weighted by atomic mass is 9.98. The van der Waals surface area contributed by atoms with Gasteiger partial charge in [0.05, 0.1) is 5.69 Å². The molecule has 1 aliphatic heterocycles. The van der Waals surface area contributed by atoms with Crippen LogP contribution in [0.15, 0.2) is 72.1 Å². The van der Waals surface area contributed by atoms with E-state index in [2.05, 4.69) is 44.0 Å². The number of aryl methyl sites for hydroxylation is 3. The van der Waals surface area contributed by atoms with Gasteiger partial charge in [0.2, 0.25) is 0 Å². The summed E-state index contributed by atoms with van der Waals surface area (Å²) in [5, 5.41) is 18.2. The number of amides is 2. The van der Waals surface area contributed by atoms with E-state index in [1.165, 1.54) is 47.0 Å². The molecule has 0 aliphatic carbocycles. The second-order valence-electron chi connectivity index (χ2n) is 10.4. The van der Waals surface area contributed by atoms with Gasteiger partial charge >= 0.3 is 12.4 Å². The summed E-state index contributed by atoms with van der Waals surface area (Å²) in [7, 11) is 0. The van der Waals surface area contributed by atoms with Crippen LogP contribution in [0.5, 0.6) is 5.75 Å². The number of carbonyl (C=O) groups is 1. The number of aliphatic hydroxyl groups excluding tert-OH is 1. The minimum Gasteiger partial charge on any atom is -0.406 e. The Morgan fingerprint density at radius 3 is 2.59 bits per heavy atom. The fourth-order valence-electron chi connectivity index (χ4n) is 4.58. The second-order valence-corrected chi connectivity index (χ2v) is 11.4. The topological polar surface area (TPSA) is 118 Å². The zero-order valence-corrected chi connectivity index (χ0v) is 24.9. The van der Waals surface area contributed by atoms with Crippen molar-refractivity contribution in [1.29, 1.82) is 0 Å². The molecule has 3 heterocycles. The maximum Gasteiger partial charge on any atom is 0.573 e. The standard InChI is InChI=1S/C30H30F3N7O3S/c1-18(2)23-11-4-19(3)14-24(23)40-27(41)16-44-29(40)37-28(42)36-25-12-5-20(15-34-25)6-13-26-35-17-39(38-26)21-7-9-22(10-8-21)43-30(31,32)33/h4-5,7-12,14-15,17-18,27,41H,6,13,16H2,1-3H3,(H,34,36,42). The van der Waals surface area contributed by atoms with E-state index < -0.39 is 18.6 Å². The predicted octanol–water partition coefficient (Wildman–Crippen LogP) is 6.24. The second kappa shape index (κ2) is 13.1. The predicted molar refractivity (Wildman–Crippen MR) is 162 cm³/mol. The van der Waals surface area contributed by atoms with Crippen LogP contribution in [0.25, 0.3) is 5.69 Å². The van der Waals surface area contributed by atoms with Crippen LogP contribution >= 0.6 is 11.8 Å². The molecule has 0 radical (unpaired) electrons. The summed E-state index contributed by atoms with van der Waals surface area (Å²) >= 11 is 1.31. The zero-order valence-electron chi connectivity index (χ0n) is 24.1. The fraction of sp³-hybridized carbons (Fsp3) is 0.300. The highest BCUT2D eigenvalue weighted by Crippen LogP contribution is 2.35. The lowest BCUT2D eigenvalue weighted by Gasteiger charge is -2.26. The summed E-state index contributed by atoms with van der Waals surface area (Å²) in [6, 6.07) is 14.3. The van der Waals surface area contributed by atoms with E-state index in [0.717, 1.165) is 22.4 Å². The molecule has 1 atom stereocenters. The van der Waals surface area contributed by atoms with Gasteiger partial charge in [-0.25, -0.2) is 19.4 Å².